The van der Waals surface area contributed by atoms with E-state index in [9.17, 15) is 24.6 Å². The molecule has 0 amide bonds. The first-order valence-corrected chi connectivity index (χ1v) is 8.98. The van der Waals surface area contributed by atoms with Gasteiger partial charge in [0.05, 0.1) is 11.5 Å². The number of fused-ring (bicyclic) bond motifs is 2. The molecule has 1 saturated carbocycles. The van der Waals surface area contributed by atoms with Crippen LogP contribution in [0.25, 0.3) is 0 Å². The molecule has 5 nitrogen and oxygen atoms in total. The molecule has 0 bridgehead atoms. The number of carbonyl (C=O) groups excluding carboxylic acids is 2. The molecule has 0 spiro atoms. The summed E-state index contributed by atoms with van der Waals surface area (Å²) in [5, 5.41) is 20.2. The highest BCUT2D eigenvalue weighted by Crippen LogP contribution is 2.60. The number of carboxylic acids is 1. The Kier molecular flexibility index (Phi) is 4.06. The van der Waals surface area contributed by atoms with Gasteiger partial charge in [0.25, 0.3) is 0 Å². The first-order valence-electron chi connectivity index (χ1n) is 8.98. The zero-order valence-electron chi connectivity index (χ0n) is 15.3. The van der Waals surface area contributed by atoms with Crippen molar-refractivity contribution in [1.82, 2.24) is 0 Å². The summed E-state index contributed by atoms with van der Waals surface area (Å²) >= 11 is 0. The molecule has 3 rings (SSSR count). The second-order valence-corrected chi connectivity index (χ2v) is 8.59. The number of ketones is 2. The van der Waals surface area contributed by atoms with Crippen molar-refractivity contribution in [3.8, 4) is 0 Å². The van der Waals surface area contributed by atoms with Gasteiger partial charge in [-0.3, -0.25) is 14.4 Å². The van der Waals surface area contributed by atoms with Gasteiger partial charge in [-0.2, -0.15) is 0 Å². The van der Waals surface area contributed by atoms with E-state index in [1.807, 2.05) is 20.8 Å². The largest absolute Gasteiger partial charge is 0.481 e. The van der Waals surface area contributed by atoms with Crippen LogP contribution in [0.3, 0.4) is 0 Å². The Morgan fingerprint density at radius 2 is 1.88 bits per heavy atom. The molecule has 3 aliphatic carbocycles. The molecule has 0 aromatic heterocycles. The van der Waals surface area contributed by atoms with Crippen LogP contribution in [0.1, 0.15) is 53.4 Å². The predicted octanol–water partition coefficient (Wildman–Crippen LogP) is 2.68. The quantitative estimate of drug-likeness (QED) is 0.750. The highest BCUT2D eigenvalue weighted by molar-refractivity contribution is 6.23. The van der Waals surface area contributed by atoms with Gasteiger partial charge in [-0.1, -0.05) is 20.8 Å². The number of hydrogen-bond acceptors (Lipinski definition) is 4. The average Bonchev–Trinajstić information content (AvgIpc) is 2.48. The number of rotatable bonds is 2. The molecule has 0 saturated heterocycles. The number of aliphatic hydroxyl groups is 1. The fourth-order valence-corrected chi connectivity index (χ4v) is 5.49. The molecule has 136 valence electrons. The van der Waals surface area contributed by atoms with E-state index in [1.54, 1.807) is 6.92 Å². The maximum atomic E-state index is 12.9. The molecule has 0 radical (unpaired) electrons. The van der Waals surface area contributed by atoms with Gasteiger partial charge in [-0.05, 0) is 50.5 Å². The zero-order chi connectivity index (χ0) is 18.7. The van der Waals surface area contributed by atoms with Crippen LogP contribution in [0, 0.1) is 22.7 Å². The van der Waals surface area contributed by atoms with Crippen LogP contribution >= 0.6 is 0 Å². The van der Waals surface area contributed by atoms with Gasteiger partial charge in [0.2, 0.25) is 0 Å². The van der Waals surface area contributed by atoms with Crippen molar-refractivity contribution in [1.29, 1.82) is 0 Å². The van der Waals surface area contributed by atoms with Crippen molar-refractivity contribution in [3.05, 3.63) is 22.8 Å². The van der Waals surface area contributed by atoms with Gasteiger partial charge in [-0.25, -0.2) is 0 Å². The Labute approximate surface area is 147 Å². The van der Waals surface area contributed by atoms with Crippen LogP contribution < -0.4 is 0 Å². The molecule has 0 aromatic carbocycles. The Morgan fingerprint density at radius 3 is 2.44 bits per heavy atom. The van der Waals surface area contributed by atoms with Crippen LogP contribution in [-0.2, 0) is 14.4 Å². The van der Waals surface area contributed by atoms with Crippen molar-refractivity contribution in [2.24, 2.45) is 22.7 Å². The Bertz CT molecular complexity index is 728. The van der Waals surface area contributed by atoms with Gasteiger partial charge in [0.15, 0.2) is 11.6 Å². The summed E-state index contributed by atoms with van der Waals surface area (Å²) in [7, 11) is 0. The fraction of sp³-hybridized carbons (Fsp3) is 0.650. The minimum absolute atomic E-state index is 0.0303. The third-order valence-electron chi connectivity index (χ3n) is 6.59. The van der Waals surface area contributed by atoms with Gasteiger partial charge >= 0.3 is 5.97 Å². The second kappa shape index (κ2) is 5.63. The van der Waals surface area contributed by atoms with Crippen LogP contribution in [0.2, 0.25) is 0 Å². The van der Waals surface area contributed by atoms with Crippen molar-refractivity contribution in [2.45, 2.75) is 59.5 Å². The molecule has 2 N–H and O–H groups in total. The van der Waals surface area contributed by atoms with E-state index >= 15 is 0 Å². The number of allylic oxidation sites excluding steroid dienone is 4. The van der Waals surface area contributed by atoms with Gasteiger partial charge in [0, 0.05) is 22.1 Å². The molecular weight excluding hydrogens is 320 g/mol. The zero-order valence-corrected chi connectivity index (χ0v) is 15.3. The number of hydrogen-bond donors (Lipinski definition) is 2. The van der Waals surface area contributed by atoms with Crippen molar-refractivity contribution in [2.75, 3.05) is 0 Å². The first-order chi connectivity index (χ1) is 11.5. The summed E-state index contributed by atoms with van der Waals surface area (Å²) in [6, 6.07) is 0. The molecule has 1 fully saturated rings. The molecule has 5 heteroatoms. The summed E-state index contributed by atoms with van der Waals surface area (Å²) in [6.45, 7) is 7.30. The lowest BCUT2D eigenvalue weighted by molar-refractivity contribution is -0.166. The van der Waals surface area contributed by atoms with E-state index in [-0.39, 0.29) is 29.8 Å². The first kappa shape index (κ1) is 18.1. The molecular formula is C20H26O5. The number of carbonyl (C=O) groups is 3. The summed E-state index contributed by atoms with van der Waals surface area (Å²) in [5.74, 6) is -1.52. The smallest absolute Gasteiger partial charge is 0.309 e. The van der Waals surface area contributed by atoms with E-state index in [0.717, 1.165) is 0 Å². The summed E-state index contributed by atoms with van der Waals surface area (Å²) in [6.07, 6.45) is 2.12. The van der Waals surface area contributed by atoms with Gasteiger partial charge in [-0.15, -0.1) is 0 Å². The minimum atomic E-state index is -1.10. The molecule has 3 aliphatic rings. The van der Waals surface area contributed by atoms with E-state index in [1.165, 1.54) is 6.08 Å². The third-order valence-corrected chi connectivity index (χ3v) is 6.59. The Hall–Kier alpha value is -1.75. The SMILES string of the molecule is CC(C)C1=CC(=O)C2=C(CC[C@H]3[C@@](C)(C(=O)O)C[C@@H](O)C[C@]23C)C1=O. The van der Waals surface area contributed by atoms with Crippen molar-refractivity contribution in [3.63, 3.8) is 0 Å². The Morgan fingerprint density at radius 1 is 1.24 bits per heavy atom. The number of Topliss-reactive ketones (excluding diaryl/α,β-unsaturated/α-hetero) is 1. The highest BCUT2D eigenvalue weighted by atomic mass is 16.4. The van der Waals surface area contributed by atoms with Gasteiger partial charge in [0.1, 0.15) is 0 Å². The van der Waals surface area contributed by atoms with Crippen molar-refractivity contribution >= 4 is 17.5 Å². The average molecular weight is 346 g/mol. The normalized spacial score (nSPS) is 38.4. The monoisotopic (exact) mass is 346 g/mol. The maximum Gasteiger partial charge on any atom is 0.309 e. The van der Waals surface area contributed by atoms with Crippen LogP contribution in [0.5, 0.6) is 0 Å². The maximum absolute atomic E-state index is 12.9. The molecule has 4 atom stereocenters. The molecule has 0 unspecified atom stereocenters. The van der Waals surface area contributed by atoms with Crippen LogP contribution in [-0.4, -0.2) is 33.9 Å². The second-order valence-electron chi connectivity index (χ2n) is 8.59. The number of aliphatic carboxylic acids is 1. The number of aliphatic hydroxyl groups excluding tert-OH is 1. The topological polar surface area (TPSA) is 91.7 Å². The van der Waals surface area contributed by atoms with E-state index in [0.29, 0.717) is 36.0 Å². The van der Waals surface area contributed by atoms with Crippen LogP contribution in [0.15, 0.2) is 22.8 Å². The van der Waals surface area contributed by atoms with E-state index in [2.05, 4.69) is 0 Å². The highest BCUT2D eigenvalue weighted by Gasteiger charge is 2.60. The lowest BCUT2D eigenvalue weighted by atomic mass is 9.47. The van der Waals surface area contributed by atoms with E-state index < -0.39 is 22.9 Å². The fourth-order valence-electron chi connectivity index (χ4n) is 5.49. The lowest BCUT2D eigenvalue weighted by Gasteiger charge is -2.55. The molecule has 0 aromatic rings. The standard InChI is InChI=1S/C20H26O5/c1-10(2)13-7-14(22)16-12(17(13)23)5-6-15-19(16,3)8-11(21)9-20(15,4)18(24)25/h7,10-11,15,21H,5-6,8-9H2,1-4H3,(H,24,25)/t11-,15+,19-,20-/m0/s1. The predicted molar refractivity (Wildman–Crippen MR) is 91.8 cm³/mol. The molecule has 0 aliphatic heterocycles. The minimum Gasteiger partial charge on any atom is -0.481 e. The van der Waals surface area contributed by atoms with Crippen LogP contribution in [0.4, 0.5) is 0 Å². The summed E-state index contributed by atoms with van der Waals surface area (Å²) in [4.78, 5) is 37.8. The molecule has 25 heavy (non-hydrogen) atoms. The molecule has 0 heterocycles. The van der Waals surface area contributed by atoms with Gasteiger partial charge < -0.3 is 10.2 Å². The summed E-state index contributed by atoms with van der Waals surface area (Å²) in [5.41, 5.74) is -0.371. The van der Waals surface area contributed by atoms with E-state index in [4.69, 9.17) is 0 Å². The Balaban J connectivity index is 2.15. The van der Waals surface area contributed by atoms with Crippen molar-refractivity contribution < 1.29 is 24.6 Å². The summed E-state index contributed by atoms with van der Waals surface area (Å²) < 4.78 is 0. The number of carboxylic acid groups (broad SMARTS) is 1. The lowest BCUT2D eigenvalue weighted by Crippen LogP contribution is -2.55. The third kappa shape index (κ3) is 2.43.